The van der Waals surface area contributed by atoms with Gasteiger partial charge in [-0.05, 0) is 12.3 Å². The highest BCUT2D eigenvalue weighted by atomic mass is 16.6. The number of rotatable bonds is 8. The van der Waals surface area contributed by atoms with Crippen molar-refractivity contribution in [2.75, 3.05) is 7.11 Å². The molecule has 1 aromatic rings. The normalized spacial score (nSPS) is 13.2. The van der Waals surface area contributed by atoms with E-state index < -0.39 is 28.9 Å². The number of nitrogens with one attached hydrogen (secondary N) is 1. The minimum absolute atomic E-state index is 0.0949. The lowest BCUT2D eigenvalue weighted by Crippen LogP contribution is -2.47. The molecule has 0 aliphatic carbocycles. The van der Waals surface area contributed by atoms with Gasteiger partial charge in [-0.25, -0.2) is 4.79 Å². The maximum Gasteiger partial charge on any atom is 0.328 e. The summed E-state index contributed by atoms with van der Waals surface area (Å²) >= 11 is 0. The molecule has 8 nitrogen and oxygen atoms in total. The molecule has 2 N–H and O–H groups in total. The zero-order chi connectivity index (χ0) is 18.3. The summed E-state index contributed by atoms with van der Waals surface area (Å²) in [6, 6.07) is 4.82. The van der Waals surface area contributed by atoms with Crippen molar-refractivity contribution in [3.8, 4) is 0 Å². The maximum absolute atomic E-state index is 12.0. The van der Waals surface area contributed by atoms with Gasteiger partial charge < -0.3 is 15.2 Å². The number of nitro benzene ring substituents is 1. The Morgan fingerprint density at radius 2 is 1.96 bits per heavy atom. The molecule has 0 saturated heterocycles. The predicted molar refractivity (Wildman–Crippen MR) is 86.2 cm³/mol. The van der Waals surface area contributed by atoms with Gasteiger partial charge >= 0.3 is 5.97 Å². The zero-order valence-corrected chi connectivity index (χ0v) is 13.9. The average Bonchev–Trinajstić information content (AvgIpc) is 2.52. The number of hydrogen-bond acceptors (Lipinski definition) is 6. The fourth-order valence-corrected chi connectivity index (χ4v) is 2.24. The van der Waals surface area contributed by atoms with E-state index in [-0.39, 0.29) is 30.0 Å². The lowest BCUT2D eigenvalue weighted by Gasteiger charge is -2.19. The van der Waals surface area contributed by atoms with E-state index in [1.807, 2.05) is 13.8 Å². The van der Waals surface area contributed by atoms with Crippen molar-refractivity contribution >= 4 is 17.6 Å². The van der Waals surface area contributed by atoms with E-state index >= 15 is 0 Å². The van der Waals surface area contributed by atoms with E-state index in [0.29, 0.717) is 0 Å². The number of benzene rings is 1. The van der Waals surface area contributed by atoms with Crippen LogP contribution in [0.4, 0.5) is 5.69 Å². The first kappa shape index (κ1) is 19.6. The summed E-state index contributed by atoms with van der Waals surface area (Å²) in [5.74, 6) is -1.35. The van der Waals surface area contributed by atoms with E-state index in [1.165, 1.54) is 18.2 Å². The Labute approximate surface area is 140 Å². The SMILES string of the molecule is COC(=O)[C@H](Cc1ccccc1[N+](=O)[O-])NC(=O)[C@@H](O)CC(C)C. The Morgan fingerprint density at radius 1 is 1.33 bits per heavy atom. The lowest BCUT2D eigenvalue weighted by molar-refractivity contribution is -0.385. The van der Waals surface area contributed by atoms with E-state index in [0.717, 1.165) is 7.11 Å². The number of aliphatic hydroxyl groups excluding tert-OH is 1. The first-order valence-electron chi connectivity index (χ1n) is 7.54. The summed E-state index contributed by atoms with van der Waals surface area (Å²) in [4.78, 5) is 34.4. The summed E-state index contributed by atoms with van der Waals surface area (Å²) in [5, 5.41) is 23.3. The van der Waals surface area contributed by atoms with Crippen LogP contribution >= 0.6 is 0 Å². The quantitative estimate of drug-likeness (QED) is 0.418. The van der Waals surface area contributed by atoms with Crippen LogP contribution in [-0.4, -0.2) is 41.2 Å². The average molecular weight is 338 g/mol. The van der Waals surface area contributed by atoms with Gasteiger partial charge in [0.1, 0.15) is 12.1 Å². The van der Waals surface area contributed by atoms with E-state index in [1.54, 1.807) is 6.07 Å². The van der Waals surface area contributed by atoms with Crippen molar-refractivity contribution in [2.45, 2.75) is 38.8 Å². The van der Waals surface area contributed by atoms with Gasteiger partial charge in [0, 0.05) is 18.1 Å². The number of carbonyl (C=O) groups is 2. The van der Waals surface area contributed by atoms with Crippen molar-refractivity contribution in [2.24, 2.45) is 5.92 Å². The number of esters is 1. The highest BCUT2D eigenvalue weighted by molar-refractivity contribution is 5.87. The van der Waals surface area contributed by atoms with Crippen molar-refractivity contribution in [1.82, 2.24) is 5.32 Å². The molecule has 1 rings (SSSR count). The Balaban J connectivity index is 2.93. The Morgan fingerprint density at radius 3 is 2.50 bits per heavy atom. The van der Waals surface area contributed by atoms with Gasteiger partial charge in [0.25, 0.3) is 5.69 Å². The molecule has 24 heavy (non-hydrogen) atoms. The second-order valence-corrected chi connectivity index (χ2v) is 5.82. The highest BCUT2D eigenvalue weighted by Crippen LogP contribution is 2.19. The molecule has 8 heteroatoms. The smallest absolute Gasteiger partial charge is 0.328 e. The molecular weight excluding hydrogens is 316 g/mol. The number of hydrogen-bond donors (Lipinski definition) is 2. The zero-order valence-electron chi connectivity index (χ0n) is 13.9. The largest absolute Gasteiger partial charge is 0.467 e. The number of aliphatic hydroxyl groups is 1. The summed E-state index contributed by atoms with van der Waals surface area (Å²) in [5.41, 5.74) is 0.139. The molecule has 0 aliphatic rings. The molecule has 1 aromatic carbocycles. The van der Waals surface area contributed by atoms with Crippen LogP contribution in [0.25, 0.3) is 0 Å². The second-order valence-electron chi connectivity index (χ2n) is 5.82. The molecule has 0 bridgehead atoms. The third-order valence-corrected chi connectivity index (χ3v) is 3.41. The summed E-state index contributed by atoms with van der Waals surface area (Å²) < 4.78 is 4.64. The van der Waals surface area contributed by atoms with Crippen LogP contribution in [0.1, 0.15) is 25.8 Å². The monoisotopic (exact) mass is 338 g/mol. The first-order valence-corrected chi connectivity index (χ1v) is 7.54. The molecule has 132 valence electrons. The minimum Gasteiger partial charge on any atom is -0.467 e. The molecular formula is C16H22N2O6. The van der Waals surface area contributed by atoms with Crippen LogP contribution < -0.4 is 5.32 Å². The van der Waals surface area contributed by atoms with Crippen LogP contribution in [0.3, 0.4) is 0 Å². The molecule has 0 radical (unpaired) electrons. The number of para-hydroxylation sites is 1. The van der Waals surface area contributed by atoms with Gasteiger partial charge in [0.2, 0.25) is 5.91 Å². The first-order chi connectivity index (χ1) is 11.3. The third-order valence-electron chi connectivity index (χ3n) is 3.41. The molecule has 2 atom stereocenters. The molecule has 1 amide bonds. The van der Waals surface area contributed by atoms with Crippen molar-refractivity contribution < 1.29 is 24.4 Å². The minimum atomic E-state index is -1.26. The van der Waals surface area contributed by atoms with E-state index in [4.69, 9.17) is 0 Å². The topological polar surface area (TPSA) is 119 Å². The summed E-state index contributed by atoms with van der Waals surface area (Å²) in [6.07, 6.45) is -1.13. The second kappa shape index (κ2) is 8.97. The summed E-state index contributed by atoms with van der Waals surface area (Å²) in [6.45, 7) is 3.70. The number of ether oxygens (including phenoxy) is 1. The van der Waals surface area contributed by atoms with Gasteiger partial charge in [-0.2, -0.15) is 0 Å². The van der Waals surface area contributed by atoms with Gasteiger partial charge in [0.05, 0.1) is 12.0 Å². The highest BCUT2D eigenvalue weighted by Gasteiger charge is 2.28. The van der Waals surface area contributed by atoms with Gasteiger partial charge in [-0.1, -0.05) is 32.0 Å². The number of methoxy groups -OCH3 is 1. The third kappa shape index (κ3) is 5.62. The number of nitrogens with zero attached hydrogens (tertiary/aromatic N) is 1. The lowest BCUT2D eigenvalue weighted by atomic mass is 10.0. The number of amides is 1. The van der Waals surface area contributed by atoms with Gasteiger partial charge in [-0.15, -0.1) is 0 Å². The van der Waals surface area contributed by atoms with Crippen LogP contribution in [0.2, 0.25) is 0 Å². The van der Waals surface area contributed by atoms with Gasteiger partial charge in [0.15, 0.2) is 0 Å². The Bertz CT molecular complexity index is 602. The Hall–Kier alpha value is -2.48. The molecule has 0 heterocycles. The molecule has 0 fully saturated rings. The predicted octanol–water partition coefficient (Wildman–Crippen LogP) is 1.20. The van der Waals surface area contributed by atoms with E-state index in [2.05, 4.69) is 10.1 Å². The van der Waals surface area contributed by atoms with Crippen LogP contribution in [0.5, 0.6) is 0 Å². The van der Waals surface area contributed by atoms with Crippen LogP contribution in [0, 0.1) is 16.0 Å². The fraction of sp³-hybridized carbons (Fsp3) is 0.500. The molecule has 0 saturated carbocycles. The van der Waals surface area contributed by atoms with Gasteiger partial charge in [-0.3, -0.25) is 14.9 Å². The van der Waals surface area contributed by atoms with Crippen molar-refractivity contribution in [3.05, 3.63) is 39.9 Å². The molecule has 0 spiro atoms. The van der Waals surface area contributed by atoms with Crippen LogP contribution in [-0.2, 0) is 20.7 Å². The molecule has 0 aromatic heterocycles. The standard InChI is InChI=1S/C16H22N2O6/c1-10(2)8-14(19)15(20)17-12(16(21)24-3)9-11-6-4-5-7-13(11)18(22)23/h4-7,10,12,14,19H,8-9H2,1-3H3,(H,17,20)/t12-,14-/m0/s1. The molecule has 0 unspecified atom stereocenters. The summed E-state index contributed by atoms with van der Waals surface area (Å²) in [7, 11) is 1.16. The maximum atomic E-state index is 12.0. The van der Waals surface area contributed by atoms with Crippen molar-refractivity contribution in [1.29, 1.82) is 0 Å². The number of nitro groups is 1. The fourth-order valence-electron chi connectivity index (χ4n) is 2.24. The van der Waals surface area contributed by atoms with Crippen molar-refractivity contribution in [3.63, 3.8) is 0 Å². The Kier molecular flexibility index (Phi) is 7.31. The number of carbonyl (C=O) groups excluding carboxylic acids is 2. The van der Waals surface area contributed by atoms with E-state index in [9.17, 15) is 24.8 Å². The molecule has 0 aliphatic heterocycles. The van der Waals surface area contributed by atoms with Crippen LogP contribution in [0.15, 0.2) is 24.3 Å².